The Morgan fingerprint density at radius 2 is 1.83 bits per heavy atom. The molecule has 0 atom stereocenters. The van der Waals surface area contributed by atoms with Gasteiger partial charge in [-0.05, 0) is 31.2 Å². The zero-order valence-corrected chi connectivity index (χ0v) is 13.3. The fourth-order valence-corrected chi connectivity index (χ4v) is 3.52. The number of aryl methyl sites for hydroxylation is 1. The SMILES string of the molecule is C=C=CN(c1ccc2c(c1)OCO2)S(=O)(=O)c1ccc(C)cc1. The molecule has 3 rings (SSSR count). The highest BCUT2D eigenvalue weighted by atomic mass is 32.2. The van der Waals surface area contributed by atoms with Crippen LogP contribution >= 0.6 is 0 Å². The molecule has 0 bridgehead atoms. The fraction of sp³-hybridized carbons (Fsp3) is 0.118. The molecule has 5 nitrogen and oxygen atoms in total. The molecular weight excluding hydrogens is 314 g/mol. The Hall–Kier alpha value is -2.69. The smallest absolute Gasteiger partial charge is 0.268 e. The molecule has 2 aromatic carbocycles. The van der Waals surface area contributed by atoms with Crippen molar-refractivity contribution in [2.45, 2.75) is 11.8 Å². The molecule has 0 N–H and O–H groups in total. The molecule has 0 amide bonds. The van der Waals surface area contributed by atoms with Crippen LogP contribution in [0.25, 0.3) is 0 Å². The van der Waals surface area contributed by atoms with E-state index in [1.807, 2.05) is 6.92 Å². The average Bonchev–Trinajstić information content (AvgIpc) is 3.00. The summed E-state index contributed by atoms with van der Waals surface area (Å²) in [5.41, 5.74) is 3.93. The number of fused-ring (bicyclic) bond motifs is 1. The van der Waals surface area contributed by atoms with Gasteiger partial charge in [0.15, 0.2) is 11.5 Å². The monoisotopic (exact) mass is 329 g/mol. The first-order valence-electron chi connectivity index (χ1n) is 6.89. The Morgan fingerprint density at radius 1 is 1.13 bits per heavy atom. The Kier molecular flexibility index (Phi) is 3.86. The lowest BCUT2D eigenvalue weighted by Crippen LogP contribution is -2.25. The molecule has 0 fully saturated rings. The Labute approximate surface area is 135 Å². The molecule has 0 radical (unpaired) electrons. The van der Waals surface area contributed by atoms with Crippen LogP contribution in [0, 0.1) is 6.92 Å². The van der Waals surface area contributed by atoms with E-state index in [-0.39, 0.29) is 11.7 Å². The summed E-state index contributed by atoms with van der Waals surface area (Å²) in [5.74, 6) is 1.09. The first-order valence-corrected chi connectivity index (χ1v) is 8.33. The van der Waals surface area contributed by atoms with Crippen molar-refractivity contribution in [1.82, 2.24) is 0 Å². The Balaban J connectivity index is 2.08. The van der Waals surface area contributed by atoms with E-state index in [0.717, 1.165) is 9.87 Å². The van der Waals surface area contributed by atoms with Gasteiger partial charge in [-0.2, -0.15) is 0 Å². The zero-order valence-electron chi connectivity index (χ0n) is 12.5. The van der Waals surface area contributed by atoms with Crippen molar-refractivity contribution >= 4 is 15.7 Å². The normalized spacial score (nSPS) is 12.6. The molecular formula is C17H15NO4S. The minimum atomic E-state index is -3.77. The summed E-state index contributed by atoms with van der Waals surface area (Å²) in [6.07, 6.45) is 1.28. The number of nitrogens with zero attached hydrogens (tertiary/aromatic N) is 1. The lowest BCUT2D eigenvalue weighted by atomic mass is 10.2. The van der Waals surface area contributed by atoms with Gasteiger partial charge in [0, 0.05) is 6.07 Å². The highest BCUT2D eigenvalue weighted by Crippen LogP contribution is 2.37. The first kappa shape index (κ1) is 15.2. The standard InChI is InChI=1S/C17H15NO4S/c1-3-10-18(14-6-9-16-17(11-14)22-12-21-16)23(19,20)15-7-4-13(2)5-8-15/h4-11H,1,12H2,2H3. The molecule has 6 heteroatoms. The zero-order chi connectivity index (χ0) is 16.4. The van der Waals surface area contributed by atoms with E-state index in [1.54, 1.807) is 42.5 Å². The van der Waals surface area contributed by atoms with Crippen LogP contribution in [0.2, 0.25) is 0 Å². The van der Waals surface area contributed by atoms with Gasteiger partial charge in [0.2, 0.25) is 6.79 Å². The maximum absolute atomic E-state index is 12.9. The second-order valence-corrected chi connectivity index (χ2v) is 6.80. The van der Waals surface area contributed by atoms with E-state index in [1.165, 1.54) is 6.20 Å². The number of hydrogen-bond donors (Lipinski definition) is 0. The fourth-order valence-electron chi connectivity index (χ4n) is 2.21. The van der Waals surface area contributed by atoms with E-state index >= 15 is 0 Å². The summed E-state index contributed by atoms with van der Waals surface area (Å²) < 4.78 is 37.5. The summed E-state index contributed by atoms with van der Waals surface area (Å²) in [4.78, 5) is 0.187. The highest BCUT2D eigenvalue weighted by molar-refractivity contribution is 7.93. The molecule has 2 aromatic rings. The van der Waals surface area contributed by atoms with Gasteiger partial charge in [0.05, 0.1) is 16.8 Å². The van der Waals surface area contributed by atoms with E-state index in [9.17, 15) is 8.42 Å². The molecule has 23 heavy (non-hydrogen) atoms. The third-order valence-electron chi connectivity index (χ3n) is 3.40. The van der Waals surface area contributed by atoms with Crippen molar-refractivity contribution in [2.24, 2.45) is 0 Å². The summed E-state index contributed by atoms with van der Waals surface area (Å²) >= 11 is 0. The third kappa shape index (κ3) is 2.82. The van der Waals surface area contributed by atoms with Crippen molar-refractivity contribution in [3.63, 3.8) is 0 Å². The number of ether oxygens (including phenoxy) is 2. The lowest BCUT2D eigenvalue weighted by molar-refractivity contribution is 0.174. The van der Waals surface area contributed by atoms with Gasteiger partial charge in [-0.3, -0.25) is 0 Å². The van der Waals surface area contributed by atoms with Gasteiger partial charge in [0.1, 0.15) is 0 Å². The highest BCUT2D eigenvalue weighted by Gasteiger charge is 2.25. The maximum Gasteiger partial charge on any atom is 0.268 e. The Morgan fingerprint density at radius 3 is 2.52 bits per heavy atom. The molecule has 0 spiro atoms. The van der Waals surface area contributed by atoms with Crippen LogP contribution in [0.15, 0.2) is 65.9 Å². The number of sulfonamides is 1. The molecule has 1 aliphatic rings. The molecule has 1 aliphatic heterocycles. The minimum absolute atomic E-state index is 0.126. The molecule has 0 aliphatic carbocycles. The molecule has 1 heterocycles. The molecule has 0 unspecified atom stereocenters. The number of rotatable bonds is 4. The summed E-state index contributed by atoms with van der Waals surface area (Å²) in [5, 5.41) is 0. The first-order chi connectivity index (χ1) is 11.0. The number of benzene rings is 2. The third-order valence-corrected chi connectivity index (χ3v) is 5.10. The second kappa shape index (κ2) is 5.83. The van der Waals surface area contributed by atoms with E-state index in [4.69, 9.17) is 9.47 Å². The van der Waals surface area contributed by atoms with Crippen molar-refractivity contribution < 1.29 is 17.9 Å². The maximum atomic E-state index is 12.9. The van der Waals surface area contributed by atoms with Crippen molar-refractivity contribution in [3.05, 3.63) is 66.5 Å². The van der Waals surface area contributed by atoms with Crippen LogP contribution in [0.3, 0.4) is 0 Å². The predicted octanol–water partition coefficient (Wildman–Crippen LogP) is 3.22. The largest absolute Gasteiger partial charge is 0.454 e. The van der Waals surface area contributed by atoms with Gasteiger partial charge in [0.25, 0.3) is 10.0 Å². The van der Waals surface area contributed by atoms with Gasteiger partial charge in [-0.15, -0.1) is 5.73 Å². The van der Waals surface area contributed by atoms with Crippen LogP contribution in [-0.2, 0) is 10.0 Å². The van der Waals surface area contributed by atoms with Gasteiger partial charge in [-0.25, -0.2) is 12.7 Å². The topological polar surface area (TPSA) is 55.8 Å². The molecule has 118 valence electrons. The summed E-state index contributed by atoms with van der Waals surface area (Å²) in [6, 6.07) is 11.6. The number of anilines is 1. The second-order valence-electron chi connectivity index (χ2n) is 4.98. The van der Waals surface area contributed by atoms with Crippen LogP contribution < -0.4 is 13.8 Å². The quantitative estimate of drug-likeness (QED) is 0.808. The molecule has 0 aromatic heterocycles. The van der Waals surface area contributed by atoms with E-state index in [2.05, 4.69) is 12.3 Å². The molecule has 0 saturated carbocycles. The van der Waals surface area contributed by atoms with Crippen molar-refractivity contribution in [1.29, 1.82) is 0 Å². The predicted molar refractivity (Wildman–Crippen MR) is 87.1 cm³/mol. The van der Waals surface area contributed by atoms with Crippen LogP contribution in [0.1, 0.15) is 5.56 Å². The lowest BCUT2D eigenvalue weighted by Gasteiger charge is -2.20. The summed E-state index contributed by atoms with van der Waals surface area (Å²) in [7, 11) is -3.77. The van der Waals surface area contributed by atoms with Gasteiger partial charge < -0.3 is 9.47 Å². The van der Waals surface area contributed by atoms with Gasteiger partial charge >= 0.3 is 0 Å². The minimum Gasteiger partial charge on any atom is -0.454 e. The van der Waals surface area contributed by atoms with Crippen molar-refractivity contribution in [2.75, 3.05) is 11.1 Å². The molecule has 0 saturated heterocycles. The number of hydrogen-bond acceptors (Lipinski definition) is 4. The average molecular weight is 329 g/mol. The van der Waals surface area contributed by atoms with Crippen LogP contribution in [0.4, 0.5) is 5.69 Å². The van der Waals surface area contributed by atoms with E-state index in [0.29, 0.717) is 17.2 Å². The Bertz CT molecular complexity index is 881. The van der Waals surface area contributed by atoms with Crippen molar-refractivity contribution in [3.8, 4) is 11.5 Å². The summed E-state index contributed by atoms with van der Waals surface area (Å²) in [6.45, 7) is 5.50. The van der Waals surface area contributed by atoms with Crippen LogP contribution in [0.5, 0.6) is 11.5 Å². The van der Waals surface area contributed by atoms with Gasteiger partial charge in [-0.1, -0.05) is 24.3 Å². The van der Waals surface area contributed by atoms with E-state index < -0.39 is 10.0 Å². The van der Waals surface area contributed by atoms with Crippen LogP contribution in [-0.4, -0.2) is 15.2 Å².